The Labute approximate surface area is 248 Å². The van der Waals surface area contributed by atoms with Gasteiger partial charge in [0.15, 0.2) is 0 Å². The molecule has 1 spiro atoms. The quantitative estimate of drug-likeness (QED) is 0.299. The van der Waals surface area contributed by atoms with Gasteiger partial charge in [-0.1, -0.05) is 90.4 Å². The van der Waals surface area contributed by atoms with Crippen LogP contribution < -0.4 is 4.72 Å². The minimum Gasteiger partial charge on any atom is -0.338 e. The predicted octanol–water partition coefficient (Wildman–Crippen LogP) is 6.40. The van der Waals surface area contributed by atoms with Crippen molar-refractivity contribution < 1.29 is 13.2 Å². The molecule has 0 saturated carbocycles. The topological polar surface area (TPSA) is 69.7 Å². The van der Waals surface area contributed by atoms with Crippen LogP contribution in [0.5, 0.6) is 0 Å². The molecular weight excluding hydrogens is 586 g/mol. The number of hydrogen-bond acceptors (Lipinski definition) is 4. The van der Waals surface area contributed by atoms with Gasteiger partial charge in [-0.25, -0.2) is 13.1 Å². The largest absolute Gasteiger partial charge is 0.338 e. The molecule has 5 rings (SSSR count). The second-order valence-corrected chi connectivity index (χ2v) is 13.0. The Morgan fingerprint density at radius 2 is 1.43 bits per heavy atom. The van der Waals surface area contributed by atoms with Gasteiger partial charge in [0.05, 0.1) is 10.3 Å². The zero-order valence-corrected chi connectivity index (χ0v) is 25.8. The molecule has 2 aliphatic rings. The summed E-state index contributed by atoms with van der Waals surface area (Å²) < 4.78 is 30.1. The number of carbonyl (C=O) groups excluding carboxylic acids is 1. The van der Waals surface area contributed by atoms with Crippen LogP contribution in [-0.2, 0) is 21.4 Å². The normalized spacial score (nSPS) is 17.9. The van der Waals surface area contributed by atoms with Gasteiger partial charge in [0, 0.05) is 23.6 Å². The van der Waals surface area contributed by atoms with Crippen LogP contribution in [0.4, 0.5) is 0 Å². The van der Waals surface area contributed by atoms with Crippen LogP contribution in [0.3, 0.4) is 0 Å². The van der Waals surface area contributed by atoms with E-state index in [1.165, 1.54) is 0 Å². The highest BCUT2D eigenvalue weighted by molar-refractivity contribution is 9.10. The molecule has 1 N–H and O–H groups in total. The number of carbonyl (C=O) groups is 1. The van der Waals surface area contributed by atoms with Gasteiger partial charge >= 0.3 is 0 Å². The van der Waals surface area contributed by atoms with E-state index in [-0.39, 0.29) is 22.3 Å². The lowest BCUT2D eigenvalue weighted by atomic mass is 9.77. The van der Waals surface area contributed by atoms with Gasteiger partial charge in [-0.3, -0.25) is 4.79 Å². The summed E-state index contributed by atoms with van der Waals surface area (Å²) >= 11 is 3.47. The Kier molecular flexibility index (Phi) is 10.6. The Balaban J connectivity index is 0.00000181. The summed E-state index contributed by atoms with van der Waals surface area (Å²) in [6.07, 6.45) is 3.29. The first-order valence-electron chi connectivity index (χ1n) is 14.2. The molecule has 0 aliphatic carbocycles. The minimum atomic E-state index is -3.64. The molecule has 0 bridgehead atoms. The second kappa shape index (κ2) is 13.9. The zero-order chi connectivity index (χ0) is 28.6. The van der Waals surface area contributed by atoms with E-state index in [0.717, 1.165) is 61.0 Å². The molecule has 214 valence electrons. The molecule has 6 nitrogen and oxygen atoms in total. The van der Waals surface area contributed by atoms with Gasteiger partial charge in [-0.15, -0.1) is 0 Å². The Bertz CT molecular complexity index is 1330. The Morgan fingerprint density at radius 1 is 0.850 bits per heavy atom. The number of amides is 1. The first-order chi connectivity index (χ1) is 19.3. The van der Waals surface area contributed by atoms with Crippen LogP contribution in [0, 0.1) is 5.41 Å². The lowest BCUT2D eigenvalue weighted by Crippen LogP contribution is -2.45. The summed E-state index contributed by atoms with van der Waals surface area (Å²) in [4.78, 5) is 18.1. The molecule has 0 radical (unpaired) electrons. The van der Waals surface area contributed by atoms with E-state index in [2.05, 4.69) is 37.7 Å². The molecule has 1 unspecified atom stereocenters. The maximum absolute atomic E-state index is 13.4. The van der Waals surface area contributed by atoms with Crippen molar-refractivity contribution in [2.75, 3.05) is 26.2 Å². The lowest BCUT2D eigenvalue weighted by molar-refractivity contribution is -0.138. The molecule has 8 heteroatoms. The summed E-state index contributed by atoms with van der Waals surface area (Å²) in [5.74, 6) is 0.290. The minimum absolute atomic E-state index is 0.250. The van der Waals surface area contributed by atoms with Crippen LogP contribution in [0.15, 0.2) is 94.3 Å². The maximum Gasteiger partial charge on any atom is 0.241 e. The SMILES string of the molecule is CC.O=C1N(Cc2ccc(Br)cc2)CCC12CCN(CCC(NS(=O)(=O)c1ccccc1)c1ccccc1)CC2. The van der Waals surface area contributed by atoms with E-state index < -0.39 is 10.0 Å². The molecule has 2 aliphatic heterocycles. The third-order valence-electron chi connectivity index (χ3n) is 7.99. The number of nitrogens with zero attached hydrogens (tertiary/aromatic N) is 2. The number of hydrogen-bond donors (Lipinski definition) is 1. The van der Waals surface area contributed by atoms with Crippen molar-refractivity contribution in [2.24, 2.45) is 5.41 Å². The van der Waals surface area contributed by atoms with Gasteiger partial charge in [0.2, 0.25) is 15.9 Å². The van der Waals surface area contributed by atoms with Crippen LogP contribution in [0.2, 0.25) is 0 Å². The smallest absolute Gasteiger partial charge is 0.241 e. The molecule has 0 aromatic heterocycles. The van der Waals surface area contributed by atoms with Crippen molar-refractivity contribution in [3.8, 4) is 0 Å². The number of nitrogens with one attached hydrogen (secondary N) is 1. The highest BCUT2D eigenvalue weighted by Gasteiger charge is 2.47. The second-order valence-electron chi connectivity index (χ2n) is 10.4. The van der Waals surface area contributed by atoms with Gasteiger partial charge in [0.1, 0.15) is 0 Å². The van der Waals surface area contributed by atoms with Gasteiger partial charge in [-0.05, 0) is 80.7 Å². The average molecular weight is 627 g/mol. The molecule has 1 amide bonds. The van der Waals surface area contributed by atoms with Crippen molar-refractivity contribution in [3.05, 3.63) is 101 Å². The maximum atomic E-state index is 13.4. The average Bonchev–Trinajstić information content (AvgIpc) is 3.29. The Morgan fingerprint density at radius 3 is 2.05 bits per heavy atom. The number of rotatable bonds is 9. The van der Waals surface area contributed by atoms with Crippen LogP contribution >= 0.6 is 15.9 Å². The highest BCUT2D eigenvalue weighted by Crippen LogP contribution is 2.42. The van der Waals surface area contributed by atoms with Crippen molar-refractivity contribution in [1.82, 2.24) is 14.5 Å². The van der Waals surface area contributed by atoms with Crippen LogP contribution in [0.1, 0.15) is 56.7 Å². The molecule has 2 heterocycles. The van der Waals surface area contributed by atoms with Crippen molar-refractivity contribution in [2.45, 2.75) is 57.0 Å². The van der Waals surface area contributed by atoms with E-state index in [0.29, 0.717) is 13.0 Å². The standard InChI is InChI=1S/C30H34BrN3O3S.C2H6/c31-26-13-11-24(12-14-26)23-34-22-18-30(29(34)35)16-20-33(21-17-30)19-15-28(25-7-3-1-4-8-25)32-38(36,37)27-9-5-2-6-10-27;1-2/h1-14,28,32H,15-23H2;1-2H3. The first-order valence-corrected chi connectivity index (χ1v) is 16.5. The molecule has 40 heavy (non-hydrogen) atoms. The molecule has 2 saturated heterocycles. The number of likely N-dealkylation sites (tertiary alicyclic amines) is 2. The lowest BCUT2D eigenvalue weighted by Gasteiger charge is -2.38. The van der Waals surface area contributed by atoms with Gasteiger partial charge < -0.3 is 9.80 Å². The summed E-state index contributed by atoms with van der Waals surface area (Å²) in [6, 6.07) is 26.1. The number of sulfonamides is 1. The van der Waals surface area contributed by atoms with Gasteiger partial charge in [-0.2, -0.15) is 0 Å². The molecule has 3 aromatic rings. The third kappa shape index (κ3) is 7.40. The fourth-order valence-corrected chi connectivity index (χ4v) is 7.21. The Hall–Kier alpha value is -2.52. The number of halogens is 1. The van der Waals surface area contributed by atoms with E-state index in [1.54, 1.807) is 24.3 Å². The van der Waals surface area contributed by atoms with Crippen LogP contribution in [0.25, 0.3) is 0 Å². The highest BCUT2D eigenvalue weighted by atomic mass is 79.9. The van der Waals surface area contributed by atoms with E-state index in [9.17, 15) is 13.2 Å². The van der Waals surface area contributed by atoms with E-state index >= 15 is 0 Å². The summed E-state index contributed by atoms with van der Waals surface area (Å²) in [7, 11) is -3.64. The first kappa shape index (κ1) is 30.4. The summed E-state index contributed by atoms with van der Waals surface area (Å²) in [6.45, 7) is 7.95. The number of piperidine rings is 1. The van der Waals surface area contributed by atoms with Gasteiger partial charge in [0.25, 0.3) is 0 Å². The molecule has 2 fully saturated rings. The molecule has 1 atom stereocenters. The fraction of sp³-hybridized carbons (Fsp3) is 0.406. The third-order valence-corrected chi connectivity index (χ3v) is 10.0. The van der Waals surface area contributed by atoms with Crippen molar-refractivity contribution >= 4 is 31.9 Å². The summed E-state index contributed by atoms with van der Waals surface area (Å²) in [5.41, 5.74) is 1.86. The zero-order valence-electron chi connectivity index (χ0n) is 23.4. The van der Waals surface area contributed by atoms with Crippen molar-refractivity contribution in [1.29, 1.82) is 0 Å². The van der Waals surface area contributed by atoms with Crippen LogP contribution in [-0.4, -0.2) is 50.3 Å². The van der Waals surface area contributed by atoms with E-state index in [4.69, 9.17) is 0 Å². The molecule has 3 aromatic carbocycles. The predicted molar refractivity (Wildman–Crippen MR) is 164 cm³/mol. The van der Waals surface area contributed by atoms with E-state index in [1.807, 2.05) is 67.3 Å². The number of benzene rings is 3. The molecular formula is C32H40BrN3O3S. The monoisotopic (exact) mass is 625 g/mol. The fourth-order valence-electron chi connectivity index (χ4n) is 5.67. The van der Waals surface area contributed by atoms with Crippen molar-refractivity contribution in [3.63, 3.8) is 0 Å². The summed E-state index contributed by atoms with van der Waals surface area (Å²) in [5, 5.41) is 0.